The molecule has 5 rings (SSSR count). The molecule has 3 aromatic rings. The van der Waals surface area contributed by atoms with E-state index in [-0.39, 0.29) is 24.2 Å². The van der Waals surface area contributed by atoms with Crippen LogP contribution in [-0.4, -0.2) is 90.5 Å². The summed E-state index contributed by atoms with van der Waals surface area (Å²) in [6.07, 6.45) is -1.18. The van der Waals surface area contributed by atoms with E-state index in [1.807, 2.05) is 6.07 Å². The van der Waals surface area contributed by atoms with Crippen molar-refractivity contribution in [1.82, 2.24) is 24.6 Å². The summed E-state index contributed by atoms with van der Waals surface area (Å²) in [7, 11) is 2.10. The van der Waals surface area contributed by atoms with Crippen molar-refractivity contribution in [3.05, 3.63) is 47.4 Å². The molecule has 4 bridgehead atoms. The van der Waals surface area contributed by atoms with Crippen molar-refractivity contribution < 1.29 is 27.4 Å². The largest absolute Gasteiger partial charge is 0.406 e. The van der Waals surface area contributed by atoms with Crippen LogP contribution in [0.4, 0.5) is 18.9 Å². The first-order valence-electron chi connectivity index (χ1n) is 14.3. The van der Waals surface area contributed by atoms with E-state index in [1.54, 1.807) is 29.8 Å². The number of fused-ring (bicyclic) bond motifs is 4. The van der Waals surface area contributed by atoms with Crippen LogP contribution in [0.3, 0.4) is 0 Å². The average molecular weight is 587 g/mol. The Morgan fingerprint density at radius 2 is 1.93 bits per heavy atom. The molecule has 0 radical (unpaired) electrons. The summed E-state index contributed by atoms with van der Waals surface area (Å²) < 4.78 is 55.4. The summed E-state index contributed by atoms with van der Waals surface area (Å²) in [6, 6.07) is 7.21. The summed E-state index contributed by atoms with van der Waals surface area (Å²) >= 11 is 0. The second-order valence-corrected chi connectivity index (χ2v) is 10.9. The van der Waals surface area contributed by atoms with Gasteiger partial charge in [0.25, 0.3) is 5.91 Å². The summed E-state index contributed by atoms with van der Waals surface area (Å²) in [6.45, 7) is 4.88. The highest BCUT2D eigenvalue weighted by atomic mass is 19.4. The number of alkyl halides is 3. The molecule has 1 saturated heterocycles. The van der Waals surface area contributed by atoms with Crippen LogP contribution in [0.15, 0.2) is 30.5 Å². The fourth-order valence-corrected chi connectivity index (χ4v) is 5.72. The van der Waals surface area contributed by atoms with Gasteiger partial charge in [-0.05, 0) is 63.4 Å². The maximum atomic E-state index is 13.6. The number of aromatic nitrogens is 3. The van der Waals surface area contributed by atoms with Crippen LogP contribution >= 0.6 is 0 Å². The van der Waals surface area contributed by atoms with E-state index in [0.717, 1.165) is 31.6 Å². The van der Waals surface area contributed by atoms with Crippen LogP contribution in [0.2, 0.25) is 0 Å². The molecule has 42 heavy (non-hydrogen) atoms. The average Bonchev–Trinajstić information content (AvgIpc) is 3.48. The van der Waals surface area contributed by atoms with E-state index in [4.69, 9.17) is 9.47 Å². The number of piperidine rings is 1. The number of amides is 1. The van der Waals surface area contributed by atoms with Crippen LogP contribution in [0.1, 0.15) is 34.6 Å². The lowest BCUT2D eigenvalue weighted by atomic mass is 9.89. The Balaban J connectivity index is 1.46. The molecule has 12 heteroatoms. The smallest absolute Gasteiger partial charge is 0.381 e. The van der Waals surface area contributed by atoms with Crippen molar-refractivity contribution in [2.45, 2.75) is 45.1 Å². The van der Waals surface area contributed by atoms with Crippen molar-refractivity contribution in [1.29, 1.82) is 0 Å². The molecular formula is C30H37F3N6O3. The molecule has 4 heterocycles. The zero-order valence-electron chi connectivity index (χ0n) is 24.0. The third-order valence-corrected chi connectivity index (χ3v) is 7.92. The lowest BCUT2D eigenvalue weighted by Gasteiger charge is -2.38. The monoisotopic (exact) mass is 586 g/mol. The van der Waals surface area contributed by atoms with Gasteiger partial charge in [-0.1, -0.05) is 12.0 Å². The van der Waals surface area contributed by atoms with Gasteiger partial charge in [-0.2, -0.15) is 18.3 Å². The van der Waals surface area contributed by atoms with Gasteiger partial charge < -0.3 is 29.6 Å². The third kappa shape index (κ3) is 7.27. The van der Waals surface area contributed by atoms with Crippen molar-refractivity contribution in [2.75, 3.05) is 58.4 Å². The normalized spacial score (nSPS) is 21.7. The van der Waals surface area contributed by atoms with E-state index in [0.29, 0.717) is 61.1 Å². The molecule has 2 aromatic heterocycles. The third-order valence-electron chi connectivity index (χ3n) is 7.92. The van der Waals surface area contributed by atoms with Crippen molar-refractivity contribution >= 4 is 22.5 Å². The van der Waals surface area contributed by atoms with Crippen molar-refractivity contribution in [2.24, 2.45) is 5.92 Å². The van der Waals surface area contributed by atoms with Gasteiger partial charge in [0.05, 0.1) is 55.9 Å². The topological polar surface area (TPSA) is 85.6 Å². The van der Waals surface area contributed by atoms with Crippen LogP contribution in [-0.2, 0) is 22.6 Å². The lowest BCUT2D eigenvalue weighted by molar-refractivity contribution is -0.140. The predicted molar refractivity (Wildman–Crippen MR) is 153 cm³/mol. The quantitative estimate of drug-likeness (QED) is 0.424. The highest BCUT2D eigenvalue weighted by molar-refractivity contribution is 5.95. The van der Waals surface area contributed by atoms with E-state index in [2.05, 4.69) is 39.5 Å². The summed E-state index contributed by atoms with van der Waals surface area (Å²) in [4.78, 5) is 15.0. The standard InChI is InChI=1S/C30H37F3N6O3/c1-21-25-18-35-39(21)12-14-42-16-15-41-13-9-22-19-37(2)11-8-26(22)36-27-6-3-7-28-24(27)17-23(5-4-10-34-29(25)40)38(28)20-30(31,32)33/h3,6-7,17-18,22,26,36H,8-16,19-20H2,1-2H3,(H,34,40). The van der Waals surface area contributed by atoms with Crippen LogP contribution in [0, 0.1) is 24.7 Å². The molecule has 2 atom stereocenters. The van der Waals surface area contributed by atoms with E-state index >= 15 is 0 Å². The molecular weight excluding hydrogens is 549 g/mol. The number of likely N-dealkylation sites (tertiary alicyclic amines) is 1. The first-order valence-corrected chi connectivity index (χ1v) is 14.3. The SMILES string of the molecule is Cc1c2cnn1CCOCCOCCC1CN(C)CCC1Nc1cccc3c1cc(n3CC(F)(F)F)C#CCNC2=O. The number of hydrogen-bond donors (Lipinski definition) is 2. The lowest BCUT2D eigenvalue weighted by Crippen LogP contribution is -2.45. The number of halogens is 3. The Hall–Kier alpha value is -3.53. The second-order valence-electron chi connectivity index (χ2n) is 10.9. The predicted octanol–water partition coefficient (Wildman–Crippen LogP) is 3.66. The highest BCUT2D eigenvalue weighted by Gasteiger charge is 2.31. The van der Waals surface area contributed by atoms with E-state index in [1.165, 1.54) is 10.8 Å². The summed E-state index contributed by atoms with van der Waals surface area (Å²) in [5, 5.41) is 11.4. The number of rotatable bonds is 1. The number of benzene rings is 1. The Labute approximate surface area is 243 Å². The van der Waals surface area contributed by atoms with E-state index < -0.39 is 12.7 Å². The number of hydrogen-bond acceptors (Lipinski definition) is 6. The molecule has 2 aliphatic heterocycles. The zero-order chi connectivity index (χ0) is 29.7. The number of carbonyl (C=O) groups excluding carboxylic acids is 1. The molecule has 1 amide bonds. The van der Waals surface area contributed by atoms with Gasteiger partial charge in [0.2, 0.25) is 0 Å². The molecule has 2 aliphatic rings. The van der Waals surface area contributed by atoms with Crippen molar-refractivity contribution in [3.8, 4) is 11.8 Å². The zero-order valence-corrected chi connectivity index (χ0v) is 24.0. The Kier molecular flexibility index (Phi) is 9.40. The highest BCUT2D eigenvalue weighted by Crippen LogP contribution is 2.32. The summed E-state index contributed by atoms with van der Waals surface area (Å²) in [5.41, 5.74) is 2.57. The summed E-state index contributed by atoms with van der Waals surface area (Å²) in [5.74, 6) is 5.66. The molecule has 2 unspecified atom stereocenters. The minimum Gasteiger partial charge on any atom is -0.381 e. The van der Waals surface area contributed by atoms with Gasteiger partial charge in [0.1, 0.15) is 6.54 Å². The first kappa shape index (κ1) is 29.9. The maximum Gasteiger partial charge on any atom is 0.406 e. The Morgan fingerprint density at radius 1 is 1.12 bits per heavy atom. The van der Waals surface area contributed by atoms with Crippen LogP contribution < -0.4 is 10.6 Å². The van der Waals surface area contributed by atoms with Gasteiger partial charge in [0.15, 0.2) is 0 Å². The molecule has 0 aliphatic carbocycles. The van der Waals surface area contributed by atoms with Gasteiger partial charge >= 0.3 is 6.18 Å². The maximum absolute atomic E-state index is 13.6. The minimum atomic E-state index is -4.43. The molecule has 226 valence electrons. The number of carbonyl (C=O) groups is 1. The number of ether oxygens (including phenoxy) is 2. The van der Waals surface area contributed by atoms with E-state index in [9.17, 15) is 18.0 Å². The Bertz CT molecular complexity index is 1450. The number of nitrogens with one attached hydrogen (secondary N) is 2. The fourth-order valence-electron chi connectivity index (χ4n) is 5.72. The molecule has 1 fully saturated rings. The molecule has 0 saturated carbocycles. The molecule has 2 N–H and O–H groups in total. The molecule has 0 spiro atoms. The van der Waals surface area contributed by atoms with Crippen LogP contribution in [0.5, 0.6) is 0 Å². The number of anilines is 1. The second kappa shape index (κ2) is 13.2. The fraction of sp³-hybridized carbons (Fsp3) is 0.533. The Morgan fingerprint density at radius 3 is 2.74 bits per heavy atom. The van der Waals surface area contributed by atoms with Gasteiger partial charge in [0, 0.05) is 36.0 Å². The van der Waals surface area contributed by atoms with Gasteiger partial charge in [-0.15, -0.1) is 0 Å². The minimum absolute atomic E-state index is 0.0253. The van der Waals surface area contributed by atoms with Crippen LogP contribution in [0.25, 0.3) is 10.9 Å². The van der Waals surface area contributed by atoms with Gasteiger partial charge in [-0.3, -0.25) is 9.48 Å². The first-order chi connectivity index (χ1) is 20.2. The molecule has 9 nitrogen and oxygen atoms in total. The molecule has 1 aromatic carbocycles. The van der Waals surface area contributed by atoms with Gasteiger partial charge in [-0.25, -0.2) is 0 Å². The number of nitrogens with zero attached hydrogens (tertiary/aromatic N) is 4. The van der Waals surface area contributed by atoms with Crippen molar-refractivity contribution in [3.63, 3.8) is 0 Å².